The van der Waals surface area contributed by atoms with Gasteiger partial charge in [0.15, 0.2) is 11.5 Å². The molecule has 2 unspecified atom stereocenters. The highest BCUT2D eigenvalue weighted by Crippen LogP contribution is 2.31. The van der Waals surface area contributed by atoms with Crippen LogP contribution in [0.25, 0.3) is 0 Å². The van der Waals surface area contributed by atoms with Gasteiger partial charge in [-0.25, -0.2) is 0 Å². The van der Waals surface area contributed by atoms with Gasteiger partial charge in [-0.05, 0) is 19.1 Å². The van der Waals surface area contributed by atoms with Gasteiger partial charge in [0.1, 0.15) is 13.2 Å². The Morgan fingerprint density at radius 3 is 2.65 bits per heavy atom. The van der Waals surface area contributed by atoms with E-state index in [2.05, 4.69) is 0 Å². The molecular weight excluding hydrogens is 340 g/mol. The summed E-state index contributed by atoms with van der Waals surface area (Å²) in [5.74, 6) is 1.50. The zero-order valence-corrected chi connectivity index (χ0v) is 15.0. The predicted octanol–water partition coefficient (Wildman–Crippen LogP) is 1.18. The van der Waals surface area contributed by atoms with Crippen molar-refractivity contribution in [3.8, 4) is 11.5 Å². The van der Waals surface area contributed by atoms with Crippen LogP contribution in [0.15, 0.2) is 23.1 Å². The van der Waals surface area contributed by atoms with Crippen LogP contribution in [-0.2, 0) is 15.6 Å². The van der Waals surface area contributed by atoms with E-state index in [1.807, 2.05) is 6.92 Å². The zero-order valence-electron chi connectivity index (χ0n) is 13.3. The molecule has 2 N–H and O–H groups in total. The minimum atomic E-state index is -1.25. The van der Waals surface area contributed by atoms with E-state index in [4.69, 9.17) is 15.2 Å². The van der Waals surface area contributed by atoms with Crippen molar-refractivity contribution < 1.29 is 18.5 Å². The number of nitrogens with two attached hydrogens (primary N) is 1. The second-order valence-corrected chi connectivity index (χ2v) is 6.77. The summed E-state index contributed by atoms with van der Waals surface area (Å²) < 4.78 is 23.2. The lowest BCUT2D eigenvalue weighted by atomic mass is 10.3. The lowest BCUT2D eigenvalue weighted by molar-refractivity contribution is -0.131. The highest BCUT2D eigenvalue weighted by atomic mass is 35.5. The Morgan fingerprint density at radius 1 is 1.35 bits per heavy atom. The largest absolute Gasteiger partial charge is 0.486 e. The van der Waals surface area contributed by atoms with E-state index < -0.39 is 10.8 Å². The molecule has 1 aromatic carbocycles. The molecule has 0 spiro atoms. The fraction of sp³-hybridized carbons (Fsp3) is 0.533. The highest BCUT2D eigenvalue weighted by molar-refractivity contribution is 7.85. The van der Waals surface area contributed by atoms with Crippen molar-refractivity contribution in [2.24, 2.45) is 5.73 Å². The van der Waals surface area contributed by atoms with Gasteiger partial charge in [0.05, 0.1) is 10.8 Å². The summed E-state index contributed by atoms with van der Waals surface area (Å²) in [5, 5.41) is 0. The summed E-state index contributed by atoms with van der Waals surface area (Å²) >= 11 is 0. The van der Waals surface area contributed by atoms with Crippen LogP contribution in [0.4, 0.5) is 0 Å². The molecule has 1 aromatic rings. The van der Waals surface area contributed by atoms with Crippen LogP contribution >= 0.6 is 12.4 Å². The van der Waals surface area contributed by atoms with Crippen molar-refractivity contribution in [3.05, 3.63) is 18.2 Å². The van der Waals surface area contributed by atoms with E-state index in [1.54, 1.807) is 30.1 Å². The summed E-state index contributed by atoms with van der Waals surface area (Å²) in [4.78, 5) is 14.2. The normalized spacial score (nSPS) is 15.3. The molecule has 2 atom stereocenters. The Labute approximate surface area is 145 Å². The van der Waals surface area contributed by atoms with Crippen LogP contribution in [0.1, 0.15) is 13.3 Å². The first kappa shape index (κ1) is 19.7. The number of rotatable bonds is 6. The van der Waals surface area contributed by atoms with Crippen LogP contribution in [0.5, 0.6) is 11.5 Å². The molecule has 0 bridgehead atoms. The standard InChI is InChI=1S/C15H22N2O4S.ClH/c1-11(10-16)17(2)15(18)5-8-22(19)12-3-4-13-14(9-12)21-7-6-20-13;/h3-4,9,11H,5-8,10,16H2,1-2H3;1H. The first-order chi connectivity index (χ1) is 10.5. The first-order valence-corrected chi connectivity index (χ1v) is 8.58. The van der Waals surface area contributed by atoms with Gasteiger partial charge in [-0.2, -0.15) is 0 Å². The molecule has 1 aliphatic rings. The Hall–Kier alpha value is -1.31. The second-order valence-electron chi connectivity index (χ2n) is 5.19. The zero-order chi connectivity index (χ0) is 16.1. The molecular formula is C15H23ClN2O4S. The van der Waals surface area contributed by atoms with Gasteiger partial charge in [0, 0.05) is 42.8 Å². The Balaban J connectivity index is 0.00000264. The third-order valence-electron chi connectivity index (χ3n) is 3.67. The molecule has 0 aliphatic carbocycles. The average molecular weight is 363 g/mol. The van der Waals surface area contributed by atoms with Gasteiger partial charge >= 0.3 is 0 Å². The number of fused-ring (bicyclic) bond motifs is 1. The van der Waals surface area contributed by atoms with E-state index in [0.717, 1.165) is 0 Å². The lowest BCUT2D eigenvalue weighted by Crippen LogP contribution is -2.40. The third-order valence-corrected chi connectivity index (χ3v) is 5.03. The minimum absolute atomic E-state index is 0. The Morgan fingerprint density at radius 2 is 2.00 bits per heavy atom. The molecule has 1 aliphatic heterocycles. The van der Waals surface area contributed by atoms with Gasteiger partial charge < -0.3 is 20.1 Å². The highest BCUT2D eigenvalue weighted by Gasteiger charge is 2.17. The number of hydrogen-bond donors (Lipinski definition) is 1. The molecule has 0 saturated carbocycles. The maximum Gasteiger partial charge on any atom is 0.223 e. The molecule has 1 heterocycles. The monoisotopic (exact) mass is 362 g/mol. The average Bonchev–Trinajstić information content (AvgIpc) is 2.57. The van der Waals surface area contributed by atoms with Crippen molar-refractivity contribution in [1.82, 2.24) is 4.90 Å². The first-order valence-electron chi connectivity index (χ1n) is 7.26. The van der Waals surface area contributed by atoms with Crippen molar-refractivity contribution in [2.75, 3.05) is 32.6 Å². The molecule has 0 fully saturated rings. The molecule has 130 valence electrons. The Kier molecular flexibility index (Phi) is 7.81. The minimum Gasteiger partial charge on any atom is -0.486 e. The number of carbonyl (C=O) groups is 1. The van der Waals surface area contributed by atoms with Gasteiger partial charge in [0.25, 0.3) is 0 Å². The summed E-state index contributed by atoms with van der Waals surface area (Å²) in [7, 11) is 0.467. The van der Waals surface area contributed by atoms with Crippen molar-refractivity contribution in [3.63, 3.8) is 0 Å². The summed E-state index contributed by atoms with van der Waals surface area (Å²) in [6.45, 7) is 3.31. The number of likely N-dealkylation sites (N-methyl/N-ethyl adjacent to an activating group) is 1. The second kappa shape index (κ2) is 9.10. The summed E-state index contributed by atoms with van der Waals surface area (Å²) in [6.07, 6.45) is 0.224. The number of hydrogen-bond acceptors (Lipinski definition) is 5. The third kappa shape index (κ3) is 5.09. The summed E-state index contributed by atoms with van der Waals surface area (Å²) in [5.41, 5.74) is 5.54. The molecule has 1 amide bonds. The van der Waals surface area contributed by atoms with Crippen LogP contribution in [0.2, 0.25) is 0 Å². The van der Waals surface area contributed by atoms with Gasteiger partial charge in [-0.3, -0.25) is 9.00 Å². The van der Waals surface area contributed by atoms with E-state index in [-0.39, 0.29) is 36.5 Å². The molecule has 6 nitrogen and oxygen atoms in total. The fourth-order valence-corrected chi connectivity index (χ4v) is 3.10. The molecule has 0 aromatic heterocycles. The number of ether oxygens (including phenoxy) is 2. The SMILES string of the molecule is CC(CN)N(C)C(=O)CCS(=O)c1ccc2c(c1)OCCO2.Cl. The smallest absolute Gasteiger partial charge is 0.223 e. The van der Waals surface area contributed by atoms with E-state index >= 15 is 0 Å². The topological polar surface area (TPSA) is 81.9 Å². The molecule has 23 heavy (non-hydrogen) atoms. The van der Waals surface area contributed by atoms with E-state index in [1.165, 1.54) is 0 Å². The van der Waals surface area contributed by atoms with Crippen LogP contribution in [-0.4, -0.2) is 53.6 Å². The van der Waals surface area contributed by atoms with E-state index in [9.17, 15) is 9.00 Å². The lowest BCUT2D eigenvalue weighted by Gasteiger charge is -2.23. The number of benzene rings is 1. The van der Waals surface area contributed by atoms with Crippen LogP contribution in [0, 0.1) is 0 Å². The Bertz CT molecular complexity index is 570. The van der Waals surface area contributed by atoms with Crippen molar-refractivity contribution in [2.45, 2.75) is 24.3 Å². The number of nitrogens with zero attached hydrogens (tertiary/aromatic N) is 1. The maximum absolute atomic E-state index is 12.3. The van der Waals surface area contributed by atoms with Crippen molar-refractivity contribution >= 4 is 29.1 Å². The molecule has 8 heteroatoms. The summed E-state index contributed by atoms with van der Waals surface area (Å²) in [6, 6.07) is 5.21. The van der Waals surface area contributed by atoms with Crippen LogP contribution in [0.3, 0.4) is 0 Å². The quantitative estimate of drug-likeness (QED) is 0.821. The number of carbonyl (C=O) groups excluding carboxylic acids is 1. The van der Waals surface area contributed by atoms with Crippen LogP contribution < -0.4 is 15.2 Å². The number of amides is 1. The van der Waals surface area contributed by atoms with Gasteiger partial charge in [0.2, 0.25) is 5.91 Å². The number of halogens is 1. The van der Waals surface area contributed by atoms with Crippen molar-refractivity contribution in [1.29, 1.82) is 0 Å². The molecule has 0 saturated heterocycles. The predicted molar refractivity (Wildman–Crippen MR) is 91.9 cm³/mol. The van der Waals surface area contributed by atoms with E-state index in [0.29, 0.717) is 36.2 Å². The molecule has 2 rings (SSSR count). The maximum atomic E-state index is 12.3. The molecule has 0 radical (unpaired) electrons. The van der Waals surface area contributed by atoms with Gasteiger partial charge in [-0.15, -0.1) is 12.4 Å². The fourth-order valence-electron chi connectivity index (χ4n) is 2.04. The van der Waals surface area contributed by atoms with Gasteiger partial charge in [-0.1, -0.05) is 0 Å².